The van der Waals surface area contributed by atoms with E-state index in [-0.39, 0.29) is 5.97 Å². The van der Waals surface area contributed by atoms with Crippen LogP contribution >= 0.6 is 0 Å². The minimum atomic E-state index is -0.603. The third-order valence-corrected chi connectivity index (χ3v) is 4.07. The maximum atomic E-state index is 12.2. The van der Waals surface area contributed by atoms with Gasteiger partial charge in [0, 0.05) is 5.92 Å². The Kier molecular flexibility index (Phi) is 5.23. The molecular formula is C17H25NO3. The predicted molar refractivity (Wildman–Crippen MR) is 82.3 cm³/mol. The van der Waals surface area contributed by atoms with Gasteiger partial charge in [-0.05, 0) is 58.8 Å². The number of carbonyl (C=O) groups excluding carboxylic acids is 1. The number of carbonyl (C=O) groups is 1. The first-order chi connectivity index (χ1) is 9.99. The number of hydrogen-bond donors (Lipinski definition) is 1. The van der Waals surface area contributed by atoms with Crippen LogP contribution in [0, 0.1) is 5.92 Å². The van der Waals surface area contributed by atoms with Crippen LogP contribution in [0.15, 0.2) is 30.3 Å². The standard InChI is InChI=1S/C17H25NO3/c1-13(20-15-7-5-4-6-8-15)16(19)21-17(2,3)14-9-11-18-12-10-14/h4-8,13-14,18H,9-12H2,1-3H3. The summed E-state index contributed by atoms with van der Waals surface area (Å²) in [5, 5.41) is 3.33. The van der Waals surface area contributed by atoms with Gasteiger partial charge in [-0.3, -0.25) is 0 Å². The van der Waals surface area contributed by atoms with Crippen LogP contribution in [0.2, 0.25) is 0 Å². The highest BCUT2D eigenvalue weighted by Gasteiger charge is 2.35. The number of hydrogen-bond acceptors (Lipinski definition) is 4. The maximum Gasteiger partial charge on any atom is 0.347 e. The van der Waals surface area contributed by atoms with E-state index < -0.39 is 11.7 Å². The normalized spacial score (nSPS) is 18.0. The Bertz CT molecular complexity index is 452. The number of esters is 1. The fraction of sp³-hybridized carbons (Fsp3) is 0.588. The van der Waals surface area contributed by atoms with E-state index >= 15 is 0 Å². The first-order valence-electron chi connectivity index (χ1n) is 7.64. The largest absolute Gasteiger partial charge is 0.479 e. The summed E-state index contributed by atoms with van der Waals surface area (Å²) in [7, 11) is 0. The lowest BCUT2D eigenvalue weighted by atomic mass is 9.83. The Hall–Kier alpha value is -1.55. The van der Waals surface area contributed by atoms with E-state index in [4.69, 9.17) is 9.47 Å². The highest BCUT2D eigenvalue weighted by atomic mass is 16.6. The molecule has 0 aliphatic carbocycles. The van der Waals surface area contributed by atoms with Crippen LogP contribution in [0.5, 0.6) is 5.75 Å². The van der Waals surface area contributed by atoms with Crippen molar-refractivity contribution in [2.75, 3.05) is 13.1 Å². The molecule has 1 atom stereocenters. The summed E-state index contributed by atoms with van der Waals surface area (Å²) in [6.45, 7) is 7.70. The van der Waals surface area contributed by atoms with Crippen LogP contribution in [-0.4, -0.2) is 30.8 Å². The van der Waals surface area contributed by atoms with Crippen LogP contribution in [-0.2, 0) is 9.53 Å². The molecule has 4 nitrogen and oxygen atoms in total. The second-order valence-corrected chi connectivity index (χ2v) is 6.12. The first kappa shape index (κ1) is 15.8. The molecule has 0 amide bonds. The first-order valence-corrected chi connectivity index (χ1v) is 7.64. The highest BCUT2D eigenvalue weighted by molar-refractivity contribution is 5.75. The van der Waals surface area contributed by atoms with Crippen molar-refractivity contribution in [2.45, 2.75) is 45.3 Å². The Morgan fingerprint density at radius 2 is 1.86 bits per heavy atom. The van der Waals surface area contributed by atoms with Gasteiger partial charge in [-0.25, -0.2) is 4.79 Å². The molecule has 2 rings (SSSR count). The number of piperidine rings is 1. The van der Waals surface area contributed by atoms with E-state index in [0.717, 1.165) is 25.9 Å². The van der Waals surface area contributed by atoms with Crippen molar-refractivity contribution in [1.82, 2.24) is 5.32 Å². The molecule has 4 heteroatoms. The van der Waals surface area contributed by atoms with Crippen molar-refractivity contribution in [3.63, 3.8) is 0 Å². The average Bonchev–Trinajstić information content (AvgIpc) is 2.48. The summed E-state index contributed by atoms with van der Waals surface area (Å²) >= 11 is 0. The summed E-state index contributed by atoms with van der Waals surface area (Å²) in [6, 6.07) is 9.35. The minimum absolute atomic E-state index is 0.303. The van der Waals surface area contributed by atoms with Crippen molar-refractivity contribution < 1.29 is 14.3 Å². The van der Waals surface area contributed by atoms with Gasteiger partial charge in [0.1, 0.15) is 11.4 Å². The molecule has 1 aromatic carbocycles. The molecule has 0 bridgehead atoms. The second-order valence-electron chi connectivity index (χ2n) is 6.12. The molecule has 116 valence electrons. The third kappa shape index (κ3) is 4.46. The number of para-hydroxylation sites is 1. The molecule has 1 saturated heterocycles. The van der Waals surface area contributed by atoms with Crippen LogP contribution < -0.4 is 10.1 Å². The zero-order valence-corrected chi connectivity index (χ0v) is 13.1. The number of ether oxygens (including phenoxy) is 2. The molecule has 0 aromatic heterocycles. The van der Waals surface area contributed by atoms with E-state index in [9.17, 15) is 4.79 Å². The Balaban J connectivity index is 1.90. The van der Waals surface area contributed by atoms with Gasteiger partial charge in [-0.2, -0.15) is 0 Å². The van der Waals surface area contributed by atoms with Gasteiger partial charge < -0.3 is 14.8 Å². The average molecular weight is 291 g/mol. The molecule has 0 radical (unpaired) electrons. The zero-order chi connectivity index (χ0) is 15.3. The molecular weight excluding hydrogens is 266 g/mol. The number of rotatable bonds is 5. The summed E-state index contributed by atoms with van der Waals surface area (Å²) in [4.78, 5) is 12.2. The Morgan fingerprint density at radius 1 is 1.24 bits per heavy atom. The molecule has 1 unspecified atom stereocenters. The van der Waals surface area contributed by atoms with Crippen molar-refractivity contribution >= 4 is 5.97 Å². The molecule has 1 N–H and O–H groups in total. The fourth-order valence-electron chi connectivity index (χ4n) is 2.69. The number of benzene rings is 1. The van der Waals surface area contributed by atoms with Crippen molar-refractivity contribution in [3.05, 3.63) is 30.3 Å². The quantitative estimate of drug-likeness (QED) is 0.847. The highest BCUT2D eigenvalue weighted by Crippen LogP contribution is 2.29. The van der Waals surface area contributed by atoms with Gasteiger partial charge >= 0.3 is 5.97 Å². The van der Waals surface area contributed by atoms with E-state index in [0.29, 0.717) is 11.7 Å². The predicted octanol–water partition coefficient (Wildman–Crippen LogP) is 2.78. The maximum absolute atomic E-state index is 12.2. The van der Waals surface area contributed by atoms with Crippen LogP contribution in [0.4, 0.5) is 0 Å². The van der Waals surface area contributed by atoms with E-state index in [1.54, 1.807) is 6.92 Å². The van der Waals surface area contributed by atoms with Crippen molar-refractivity contribution in [2.24, 2.45) is 5.92 Å². The zero-order valence-electron chi connectivity index (χ0n) is 13.1. The lowest BCUT2D eigenvalue weighted by Gasteiger charge is -2.37. The summed E-state index contributed by atoms with van der Waals surface area (Å²) in [5.41, 5.74) is -0.451. The summed E-state index contributed by atoms with van der Waals surface area (Å²) in [5.74, 6) is 0.774. The fourth-order valence-corrected chi connectivity index (χ4v) is 2.69. The van der Waals surface area contributed by atoms with Gasteiger partial charge in [-0.15, -0.1) is 0 Å². The molecule has 1 aromatic rings. The van der Waals surface area contributed by atoms with Gasteiger partial charge in [0.25, 0.3) is 0 Å². The van der Waals surface area contributed by atoms with E-state index in [2.05, 4.69) is 5.32 Å². The van der Waals surface area contributed by atoms with Crippen molar-refractivity contribution in [1.29, 1.82) is 0 Å². The van der Waals surface area contributed by atoms with Gasteiger partial charge in [0.05, 0.1) is 0 Å². The summed E-state index contributed by atoms with van der Waals surface area (Å²) < 4.78 is 11.3. The van der Waals surface area contributed by atoms with Crippen LogP contribution in [0.25, 0.3) is 0 Å². The SMILES string of the molecule is CC(Oc1ccccc1)C(=O)OC(C)(C)C1CCNCC1. The van der Waals surface area contributed by atoms with Crippen LogP contribution in [0.1, 0.15) is 33.6 Å². The lowest BCUT2D eigenvalue weighted by molar-refractivity contribution is -0.170. The van der Waals surface area contributed by atoms with E-state index in [1.807, 2.05) is 44.2 Å². The molecule has 0 spiro atoms. The lowest BCUT2D eigenvalue weighted by Crippen LogP contribution is -2.44. The third-order valence-electron chi connectivity index (χ3n) is 4.07. The van der Waals surface area contributed by atoms with Gasteiger partial charge in [0.15, 0.2) is 6.10 Å². The molecule has 1 fully saturated rings. The van der Waals surface area contributed by atoms with Crippen molar-refractivity contribution in [3.8, 4) is 5.75 Å². The minimum Gasteiger partial charge on any atom is -0.479 e. The molecule has 1 aliphatic heterocycles. The van der Waals surface area contributed by atoms with E-state index in [1.165, 1.54) is 0 Å². The molecule has 1 heterocycles. The topological polar surface area (TPSA) is 47.6 Å². The van der Waals surface area contributed by atoms with Crippen LogP contribution in [0.3, 0.4) is 0 Å². The summed E-state index contributed by atoms with van der Waals surface area (Å²) in [6.07, 6.45) is 1.47. The monoisotopic (exact) mass is 291 g/mol. The second kappa shape index (κ2) is 6.94. The Morgan fingerprint density at radius 3 is 2.48 bits per heavy atom. The Labute approximate surface area is 126 Å². The molecule has 1 aliphatic rings. The smallest absolute Gasteiger partial charge is 0.347 e. The van der Waals surface area contributed by atoms with Gasteiger partial charge in [0.2, 0.25) is 0 Å². The van der Waals surface area contributed by atoms with Gasteiger partial charge in [-0.1, -0.05) is 18.2 Å². The molecule has 21 heavy (non-hydrogen) atoms. The molecule has 0 saturated carbocycles. The number of nitrogens with one attached hydrogen (secondary N) is 1.